The van der Waals surface area contributed by atoms with Crippen molar-refractivity contribution in [1.29, 1.82) is 0 Å². The molecular formula is C15H19N3O2S. The maximum absolute atomic E-state index is 11.4. The molecule has 3 heterocycles. The molecule has 0 radical (unpaired) electrons. The zero-order valence-corrected chi connectivity index (χ0v) is 13.3. The SMILES string of the molecule is Cc1nc(N2CCCCC2C)c2c(C)c(C(=O)O)sc2n1. The van der Waals surface area contributed by atoms with Crippen molar-refractivity contribution >= 4 is 33.3 Å². The number of aromatic nitrogens is 2. The minimum atomic E-state index is -0.884. The number of hydrogen-bond donors (Lipinski definition) is 1. The van der Waals surface area contributed by atoms with Crippen molar-refractivity contribution in [2.45, 2.75) is 46.1 Å². The summed E-state index contributed by atoms with van der Waals surface area (Å²) < 4.78 is 0. The summed E-state index contributed by atoms with van der Waals surface area (Å²) >= 11 is 1.25. The summed E-state index contributed by atoms with van der Waals surface area (Å²) in [6, 6.07) is 0.434. The van der Waals surface area contributed by atoms with E-state index in [0.29, 0.717) is 16.7 Å². The maximum atomic E-state index is 11.4. The zero-order chi connectivity index (χ0) is 15.1. The fourth-order valence-electron chi connectivity index (χ4n) is 3.05. The molecule has 1 unspecified atom stereocenters. The first kappa shape index (κ1) is 14.3. The van der Waals surface area contributed by atoms with Crippen LogP contribution < -0.4 is 4.90 Å². The Morgan fingerprint density at radius 3 is 2.76 bits per heavy atom. The summed E-state index contributed by atoms with van der Waals surface area (Å²) in [4.78, 5) is 23.9. The minimum Gasteiger partial charge on any atom is -0.477 e. The molecule has 0 aromatic carbocycles. The first-order valence-corrected chi connectivity index (χ1v) is 8.08. The smallest absolute Gasteiger partial charge is 0.346 e. The predicted octanol–water partition coefficient (Wildman–Crippen LogP) is 3.39. The standard InChI is InChI=1S/C15H19N3O2S/c1-8-6-4-5-7-18(8)13-11-9(2)12(15(19)20)21-14(11)17-10(3)16-13/h8H,4-7H2,1-3H3,(H,19,20). The number of piperidine rings is 1. The molecule has 1 fully saturated rings. The van der Waals surface area contributed by atoms with Crippen LogP contribution in [-0.4, -0.2) is 33.6 Å². The van der Waals surface area contributed by atoms with Crippen LogP contribution in [0, 0.1) is 13.8 Å². The number of aryl methyl sites for hydroxylation is 2. The number of thiophene rings is 1. The van der Waals surface area contributed by atoms with E-state index >= 15 is 0 Å². The number of carbonyl (C=O) groups is 1. The van der Waals surface area contributed by atoms with Crippen LogP contribution in [0.4, 0.5) is 5.82 Å². The van der Waals surface area contributed by atoms with Crippen LogP contribution >= 0.6 is 11.3 Å². The number of carboxylic acid groups (broad SMARTS) is 1. The van der Waals surface area contributed by atoms with Crippen LogP contribution in [0.15, 0.2) is 0 Å². The highest BCUT2D eigenvalue weighted by Crippen LogP contribution is 2.37. The largest absolute Gasteiger partial charge is 0.477 e. The van der Waals surface area contributed by atoms with Gasteiger partial charge in [0.25, 0.3) is 0 Å². The van der Waals surface area contributed by atoms with Gasteiger partial charge in [-0.25, -0.2) is 14.8 Å². The van der Waals surface area contributed by atoms with E-state index in [1.807, 2.05) is 13.8 Å². The van der Waals surface area contributed by atoms with Gasteiger partial charge in [0.15, 0.2) is 0 Å². The van der Waals surface area contributed by atoms with Gasteiger partial charge >= 0.3 is 5.97 Å². The van der Waals surface area contributed by atoms with Gasteiger partial charge in [-0.3, -0.25) is 0 Å². The number of rotatable bonds is 2. The van der Waals surface area contributed by atoms with E-state index in [1.165, 1.54) is 17.8 Å². The molecule has 6 heteroatoms. The summed E-state index contributed by atoms with van der Waals surface area (Å²) in [5.41, 5.74) is 0.787. The average molecular weight is 305 g/mol. The van der Waals surface area contributed by atoms with E-state index in [2.05, 4.69) is 21.8 Å². The fraction of sp³-hybridized carbons (Fsp3) is 0.533. The first-order chi connectivity index (χ1) is 9.99. The van der Waals surface area contributed by atoms with Gasteiger partial charge in [0.2, 0.25) is 0 Å². The minimum absolute atomic E-state index is 0.371. The van der Waals surface area contributed by atoms with Gasteiger partial charge in [-0.1, -0.05) is 0 Å². The maximum Gasteiger partial charge on any atom is 0.346 e. The summed E-state index contributed by atoms with van der Waals surface area (Å²) in [5, 5.41) is 10.3. The van der Waals surface area contributed by atoms with Crippen LogP contribution in [0.25, 0.3) is 10.2 Å². The second-order valence-corrected chi connectivity index (χ2v) is 6.67. The third-order valence-corrected chi connectivity index (χ3v) is 5.33. The Hall–Kier alpha value is -1.69. The molecule has 0 amide bonds. The van der Waals surface area contributed by atoms with E-state index < -0.39 is 5.97 Å². The lowest BCUT2D eigenvalue weighted by atomic mass is 10.0. The fourth-order valence-corrected chi connectivity index (χ4v) is 4.11. The quantitative estimate of drug-likeness (QED) is 0.921. The molecule has 1 saturated heterocycles. The Morgan fingerprint density at radius 2 is 2.10 bits per heavy atom. The second kappa shape index (κ2) is 5.26. The van der Waals surface area contributed by atoms with Crippen molar-refractivity contribution in [3.05, 3.63) is 16.3 Å². The summed E-state index contributed by atoms with van der Waals surface area (Å²) in [5.74, 6) is 0.727. The second-order valence-electron chi connectivity index (χ2n) is 5.67. The summed E-state index contributed by atoms with van der Waals surface area (Å²) in [6.07, 6.45) is 3.55. The monoisotopic (exact) mass is 305 g/mol. The van der Waals surface area contributed by atoms with E-state index in [9.17, 15) is 9.90 Å². The number of aromatic carboxylic acids is 1. The Morgan fingerprint density at radius 1 is 1.33 bits per heavy atom. The highest BCUT2D eigenvalue weighted by atomic mass is 32.1. The van der Waals surface area contributed by atoms with Crippen LogP contribution in [-0.2, 0) is 0 Å². The summed E-state index contributed by atoms with van der Waals surface area (Å²) in [6.45, 7) is 6.92. The lowest BCUT2D eigenvalue weighted by molar-refractivity contribution is 0.0701. The van der Waals surface area contributed by atoms with Crippen molar-refractivity contribution in [3.8, 4) is 0 Å². The van der Waals surface area contributed by atoms with Crippen molar-refractivity contribution in [3.63, 3.8) is 0 Å². The molecular weight excluding hydrogens is 286 g/mol. The Labute approximate surface area is 127 Å². The third kappa shape index (κ3) is 2.37. The molecule has 2 aromatic rings. The molecule has 0 aliphatic carbocycles. The van der Waals surface area contributed by atoms with Crippen LogP contribution in [0.5, 0.6) is 0 Å². The molecule has 0 bridgehead atoms. The van der Waals surface area contributed by atoms with Gasteiger partial charge in [-0.15, -0.1) is 11.3 Å². The lowest BCUT2D eigenvalue weighted by Gasteiger charge is -2.35. The van der Waals surface area contributed by atoms with Crippen LogP contribution in [0.1, 0.15) is 47.2 Å². The number of carboxylic acids is 1. The molecule has 1 N–H and O–H groups in total. The molecule has 3 rings (SSSR count). The van der Waals surface area contributed by atoms with Crippen molar-refractivity contribution < 1.29 is 9.90 Å². The molecule has 112 valence electrons. The molecule has 1 aliphatic heterocycles. The molecule has 0 spiro atoms. The molecule has 0 saturated carbocycles. The Bertz CT molecular complexity index is 710. The zero-order valence-electron chi connectivity index (χ0n) is 12.5. The summed E-state index contributed by atoms with van der Waals surface area (Å²) in [7, 11) is 0. The highest BCUT2D eigenvalue weighted by molar-refractivity contribution is 7.20. The topological polar surface area (TPSA) is 66.3 Å². The predicted molar refractivity (Wildman–Crippen MR) is 84.5 cm³/mol. The van der Waals surface area contributed by atoms with Crippen molar-refractivity contribution in [1.82, 2.24) is 9.97 Å². The van der Waals surface area contributed by atoms with Crippen LogP contribution in [0.3, 0.4) is 0 Å². The molecule has 21 heavy (non-hydrogen) atoms. The van der Waals surface area contributed by atoms with Gasteiger partial charge in [0, 0.05) is 12.6 Å². The van der Waals surface area contributed by atoms with E-state index in [-0.39, 0.29) is 0 Å². The van der Waals surface area contributed by atoms with E-state index in [1.54, 1.807) is 0 Å². The van der Waals surface area contributed by atoms with Gasteiger partial charge in [0.1, 0.15) is 21.3 Å². The van der Waals surface area contributed by atoms with E-state index in [4.69, 9.17) is 0 Å². The number of anilines is 1. The molecule has 1 aliphatic rings. The normalized spacial score (nSPS) is 19.2. The molecule has 1 atom stereocenters. The molecule has 2 aromatic heterocycles. The van der Waals surface area contributed by atoms with Crippen molar-refractivity contribution in [2.24, 2.45) is 0 Å². The Kier molecular flexibility index (Phi) is 3.57. The third-order valence-electron chi connectivity index (χ3n) is 4.15. The van der Waals surface area contributed by atoms with Gasteiger partial charge in [-0.2, -0.15) is 0 Å². The first-order valence-electron chi connectivity index (χ1n) is 7.26. The number of fused-ring (bicyclic) bond motifs is 1. The van der Waals surface area contributed by atoms with Gasteiger partial charge in [0.05, 0.1) is 5.39 Å². The van der Waals surface area contributed by atoms with Gasteiger partial charge in [-0.05, 0) is 45.6 Å². The lowest BCUT2D eigenvalue weighted by Crippen LogP contribution is -2.38. The average Bonchev–Trinajstić information content (AvgIpc) is 2.76. The molecule has 5 nitrogen and oxygen atoms in total. The van der Waals surface area contributed by atoms with Crippen molar-refractivity contribution in [2.75, 3.05) is 11.4 Å². The van der Waals surface area contributed by atoms with E-state index in [0.717, 1.165) is 41.0 Å². The Balaban J connectivity index is 2.23. The van der Waals surface area contributed by atoms with Crippen LogP contribution in [0.2, 0.25) is 0 Å². The highest BCUT2D eigenvalue weighted by Gasteiger charge is 2.26. The van der Waals surface area contributed by atoms with Gasteiger partial charge < -0.3 is 10.0 Å². The number of hydrogen-bond acceptors (Lipinski definition) is 5. The number of nitrogens with zero attached hydrogens (tertiary/aromatic N) is 3.